The summed E-state index contributed by atoms with van der Waals surface area (Å²) in [7, 11) is 0. The number of ether oxygens (including phenoxy) is 1. The fraction of sp³-hybridized carbons (Fsp3) is 0.435. The van der Waals surface area contributed by atoms with Crippen molar-refractivity contribution in [3.05, 3.63) is 35.9 Å². The van der Waals surface area contributed by atoms with Gasteiger partial charge in [-0.3, -0.25) is 9.69 Å². The topological polar surface area (TPSA) is 137 Å². The van der Waals surface area contributed by atoms with Crippen molar-refractivity contribution in [1.29, 1.82) is 0 Å². The van der Waals surface area contributed by atoms with Crippen LogP contribution in [0.2, 0.25) is 0 Å². The standard InChI is InChI=1S/C22H28N8O2.CH2O2/c1-4-32-19-11-20-25-15(3)27-30(20)13-17(19)26-22(31)29-9-6-16-18(5-7-24-21(16)29)28-10-8-23-14(2)12-28;2-1-3/h5,7,11,13-14,23H,4,6,8-10,12H2,1-3H3,(H,26,31);1H,(H,2,3)/t14-;/m0./s1. The van der Waals surface area contributed by atoms with Gasteiger partial charge < -0.3 is 25.4 Å². The van der Waals surface area contributed by atoms with E-state index in [1.54, 1.807) is 27.9 Å². The number of carboxylic acid groups (broad SMARTS) is 1. The maximum absolute atomic E-state index is 13.3. The van der Waals surface area contributed by atoms with Crippen LogP contribution in [0.15, 0.2) is 24.5 Å². The van der Waals surface area contributed by atoms with Gasteiger partial charge in [0.15, 0.2) is 5.65 Å². The number of anilines is 3. The zero-order valence-electron chi connectivity index (χ0n) is 20.1. The Morgan fingerprint density at radius 2 is 2.20 bits per heavy atom. The van der Waals surface area contributed by atoms with Crippen LogP contribution in [0.1, 0.15) is 25.2 Å². The first-order valence-corrected chi connectivity index (χ1v) is 11.6. The summed E-state index contributed by atoms with van der Waals surface area (Å²) in [5.74, 6) is 1.95. The molecule has 0 bridgehead atoms. The lowest BCUT2D eigenvalue weighted by molar-refractivity contribution is -0.122. The Kier molecular flexibility index (Phi) is 7.30. The Labute approximate surface area is 202 Å². The molecule has 12 nitrogen and oxygen atoms in total. The highest BCUT2D eigenvalue weighted by Gasteiger charge is 2.31. The van der Waals surface area contributed by atoms with E-state index in [4.69, 9.17) is 14.6 Å². The first-order valence-electron chi connectivity index (χ1n) is 11.6. The van der Waals surface area contributed by atoms with Crippen LogP contribution >= 0.6 is 0 Å². The summed E-state index contributed by atoms with van der Waals surface area (Å²) in [6.45, 7) is 9.58. The zero-order valence-corrected chi connectivity index (χ0v) is 20.1. The molecule has 0 radical (unpaired) electrons. The van der Waals surface area contributed by atoms with Gasteiger partial charge in [0, 0.05) is 55.7 Å². The maximum Gasteiger partial charge on any atom is 0.327 e. The number of aromatic nitrogens is 4. The van der Waals surface area contributed by atoms with Gasteiger partial charge in [-0.2, -0.15) is 5.10 Å². The van der Waals surface area contributed by atoms with Crippen LogP contribution in [-0.4, -0.2) is 76.0 Å². The van der Waals surface area contributed by atoms with Crippen molar-refractivity contribution in [3.63, 3.8) is 0 Å². The van der Waals surface area contributed by atoms with Crippen molar-refractivity contribution >= 4 is 35.3 Å². The van der Waals surface area contributed by atoms with Crippen LogP contribution < -0.4 is 25.2 Å². The molecular weight excluding hydrogens is 452 g/mol. The molecule has 3 aromatic rings. The number of pyridine rings is 2. The number of nitrogens with one attached hydrogen (secondary N) is 2. The van der Waals surface area contributed by atoms with Gasteiger partial charge in [-0.15, -0.1) is 0 Å². The van der Waals surface area contributed by atoms with E-state index in [9.17, 15) is 4.79 Å². The molecule has 0 unspecified atom stereocenters. The summed E-state index contributed by atoms with van der Waals surface area (Å²) in [5.41, 5.74) is 3.53. The van der Waals surface area contributed by atoms with Crippen molar-refractivity contribution in [1.82, 2.24) is 24.9 Å². The SMILES string of the molecule is CCOc1cc2nc(C)nn2cc1NC(=O)N1CCc2c(N3CCN[C@@H](C)C3)ccnc21.O=CO. The Hall–Kier alpha value is -3.93. The lowest BCUT2D eigenvalue weighted by Gasteiger charge is -2.34. The minimum absolute atomic E-state index is 0.237. The predicted molar refractivity (Wildman–Crippen MR) is 132 cm³/mol. The van der Waals surface area contributed by atoms with Crippen LogP contribution in [0.5, 0.6) is 5.75 Å². The summed E-state index contributed by atoms with van der Waals surface area (Å²) in [4.78, 5) is 34.6. The summed E-state index contributed by atoms with van der Waals surface area (Å²) in [6.07, 6.45) is 4.31. The fourth-order valence-corrected chi connectivity index (χ4v) is 4.49. The average molecular weight is 483 g/mol. The predicted octanol–water partition coefficient (Wildman–Crippen LogP) is 1.92. The molecule has 1 fully saturated rings. The third-order valence-electron chi connectivity index (χ3n) is 5.89. The highest BCUT2D eigenvalue weighted by molar-refractivity contribution is 6.03. The number of piperazine rings is 1. The molecule has 2 amide bonds. The molecule has 2 aliphatic rings. The van der Waals surface area contributed by atoms with Gasteiger partial charge in [0.25, 0.3) is 6.47 Å². The third-order valence-corrected chi connectivity index (χ3v) is 5.89. The molecule has 5 heterocycles. The monoisotopic (exact) mass is 482 g/mol. The summed E-state index contributed by atoms with van der Waals surface area (Å²) < 4.78 is 7.40. The molecule has 5 rings (SSSR count). The number of hydrogen-bond acceptors (Lipinski definition) is 8. The summed E-state index contributed by atoms with van der Waals surface area (Å²) >= 11 is 0. The maximum atomic E-state index is 13.3. The van der Waals surface area contributed by atoms with Crippen molar-refractivity contribution in [2.24, 2.45) is 0 Å². The number of carbonyl (C=O) groups excluding carboxylic acids is 1. The molecular formula is C23H30N8O4. The van der Waals surface area contributed by atoms with Gasteiger partial charge in [0.1, 0.15) is 23.1 Å². The van der Waals surface area contributed by atoms with E-state index in [2.05, 4.69) is 43.6 Å². The van der Waals surface area contributed by atoms with Gasteiger partial charge in [-0.1, -0.05) is 0 Å². The third kappa shape index (κ3) is 5.11. The Bertz CT molecular complexity index is 1210. The van der Waals surface area contributed by atoms with E-state index in [-0.39, 0.29) is 12.5 Å². The highest BCUT2D eigenvalue weighted by atomic mass is 16.5. The van der Waals surface area contributed by atoms with E-state index < -0.39 is 0 Å². The molecule has 2 aliphatic heterocycles. The Balaban J connectivity index is 0.000000917. The van der Waals surface area contributed by atoms with Gasteiger partial charge in [0.05, 0.1) is 12.8 Å². The van der Waals surface area contributed by atoms with E-state index >= 15 is 0 Å². The number of hydrogen-bond donors (Lipinski definition) is 3. The molecule has 3 aromatic heterocycles. The van der Waals surface area contributed by atoms with Crippen LogP contribution in [-0.2, 0) is 11.2 Å². The second kappa shape index (κ2) is 10.6. The molecule has 35 heavy (non-hydrogen) atoms. The number of urea groups is 1. The first-order chi connectivity index (χ1) is 16.9. The summed E-state index contributed by atoms with van der Waals surface area (Å²) in [6, 6.07) is 4.05. The van der Waals surface area contributed by atoms with Gasteiger partial charge >= 0.3 is 6.03 Å². The smallest absolute Gasteiger partial charge is 0.327 e. The van der Waals surface area contributed by atoms with Crippen molar-refractivity contribution in [3.8, 4) is 5.75 Å². The first kappa shape index (κ1) is 24.2. The van der Waals surface area contributed by atoms with Crippen LogP contribution in [0.25, 0.3) is 5.65 Å². The van der Waals surface area contributed by atoms with Crippen molar-refractivity contribution < 1.29 is 19.4 Å². The number of fused-ring (bicyclic) bond motifs is 2. The lowest BCUT2D eigenvalue weighted by atomic mass is 10.1. The Morgan fingerprint density at radius 3 is 2.94 bits per heavy atom. The summed E-state index contributed by atoms with van der Waals surface area (Å²) in [5, 5.41) is 17.7. The number of carbonyl (C=O) groups is 2. The molecule has 0 aromatic carbocycles. The van der Waals surface area contributed by atoms with Crippen molar-refractivity contribution in [2.45, 2.75) is 33.2 Å². The van der Waals surface area contributed by atoms with Gasteiger partial charge in [0.2, 0.25) is 0 Å². The van der Waals surface area contributed by atoms with Gasteiger partial charge in [-0.05, 0) is 33.3 Å². The van der Waals surface area contributed by atoms with E-state index in [1.165, 1.54) is 5.69 Å². The van der Waals surface area contributed by atoms with E-state index in [0.29, 0.717) is 42.1 Å². The molecule has 0 saturated carbocycles. The zero-order chi connectivity index (χ0) is 24.9. The van der Waals surface area contributed by atoms with E-state index in [1.807, 2.05) is 13.8 Å². The Morgan fingerprint density at radius 1 is 1.40 bits per heavy atom. The van der Waals surface area contributed by atoms with Crippen LogP contribution in [0.4, 0.5) is 22.0 Å². The molecule has 12 heteroatoms. The quantitative estimate of drug-likeness (QED) is 0.476. The number of aryl methyl sites for hydroxylation is 1. The number of nitrogens with zero attached hydrogens (tertiary/aromatic N) is 6. The second-order valence-electron chi connectivity index (χ2n) is 8.32. The molecule has 0 aliphatic carbocycles. The molecule has 1 saturated heterocycles. The van der Waals surface area contributed by atoms with Crippen LogP contribution in [0, 0.1) is 6.92 Å². The number of rotatable bonds is 4. The minimum atomic E-state index is -0.250. The number of amides is 2. The van der Waals surface area contributed by atoms with E-state index in [0.717, 1.165) is 37.4 Å². The normalized spacial score (nSPS) is 16.9. The minimum Gasteiger partial charge on any atom is -0.491 e. The van der Waals surface area contributed by atoms with Crippen LogP contribution in [0.3, 0.4) is 0 Å². The molecule has 0 spiro atoms. The highest BCUT2D eigenvalue weighted by Crippen LogP contribution is 2.35. The molecule has 1 atom stereocenters. The second-order valence-corrected chi connectivity index (χ2v) is 8.32. The van der Waals surface area contributed by atoms with Gasteiger partial charge in [-0.25, -0.2) is 19.3 Å². The fourth-order valence-electron chi connectivity index (χ4n) is 4.49. The largest absolute Gasteiger partial charge is 0.491 e. The molecule has 186 valence electrons. The average Bonchev–Trinajstić information content (AvgIpc) is 3.42. The lowest BCUT2D eigenvalue weighted by Crippen LogP contribution is -2.49. The molecule has 3 N–H and O–H groups in total. The van der Waals surface area contributed by atoms with Crippen molar-refractivity contribution in [2.75, 3.05) is 47.9 Å².